The van der Waals surface area contributed by atoms with Gasteiger partial charge in [0, 0.05) is 0 Å². The number of hydrogen-bond acceptors (Lipinski definition) is 0. The standard InChI is InChI=1S/C25H48/c1-3-5-7-9-11-13-23-16-20-25(21-17-23)24-18-14-22(15-19-24)12-10-8-6-4-2/h22-25H,3-21H2,1-2H3. The van der Waals surface area contributed by atoms with Crippen molar-refractivity contribution in [1.82, 2.24) is 0 Å². The minimum Gasteiger partial charge on any atom is -0.0654 e. The van der Waals surface area contributed by atoms with Gasteiger partial charge >= 0.3 is 0 Å². The number of rotatable bonds is 12. The van der Waals surface area contributed by atoms with E-state index in [-0.39, 0.29) is 0 Å². The van der Waals surface area contributed by atoms with Crippen molar-refractivity contribution in [2.75, 3.05) is 0 Å². The van der Waals surface area contributed by atoms with Crippen molar-refractivity contribution in [2.45, 2.75) is 136 Å². The van der Waals surface area contributed by atoms with Gasteiger partial charge in [-0.3, -0.25) is 0 Å². The smallest absolute Gasteiger partial charge is 0.0386 e. The van der Waals surface area contributed by atoms with E-state index in [0.29, 0.717) is 0 Å². The molecule has 0 unspecified atom stereocenters. The first-order valence-corrected chi connectivity index (χ1v) is 12.3. The summed E-state index contributed by atoms with van der Waals surface area (Å²) in [4.78, 5) is 0. The summed E-state index contributed by atoms with van der Waals surface area (Å²) >= 11 is 0. The fraction of sp³-hybridized carbons (Fsp3) is 1.00. The molecule has 2 aliphatic rings. The Labute approximate surface area is 159 Å². The molecular formula is C25H48. The lowest BCUT2D eigenvalue weighted by atomic mass is 9.68. The first-order valence-electron chi connectivity index (χ1n) is 12.3. The van der Waals surface area contributed by atoms with Crippen molar-refractivity contribution in [3.05, 3.63) is 0 Å². The predicted molar refractivity (Wildman–Crippen MR) is 113 cm³/mol. The molecular weight excluding hydrogens is 300 g/mol. The maximum absolute atomic E-state index is 2.33. The third-order valence-electron chi connectivity index (χ3n) is 7.63. The highest BCUT2D eigenvalue weighted by atomic mass is 14.4. The van der Waals surface area contributed by atoms with Gasteiger partial charge in [-0.15, -0.1) is 0 Å². The van der Waals surface area contributed by atoms with E-state index in [1.807, 2.05) is 0 Å². The van der Waals surface area contributed by atoms with Crippen LogP contribution in [0.3, 0.4) is 0 Å². The zero-order valence-corrected chi connectivity index (χ0v) is 17.7. The van der Waals surface area contributed by atoms with Crippen LogP contribution in [0.2, 0.25) is 0 Å². The molecule has 0 saturated heterocycles. The molecule has 0 radical (unpaired) electrons. The molecule has 0 amide bonds. The van der Waals surface area contributed by atoms with Crippen molar-refractivity contribution in [1.29, 1.82) is 0 Å². The summed E-state index contributed by atoms with van der Waals surface area (Å²) in [6.07, 6.45) is 28.8. The van der Waals surface area contributed by atoms with Gasteiger partial charge in [0.05, 0.1) is 0 Å². The molecule has 0 aliphatic heterocycles. The van der Waals surface area contributed by atoms with Crippen LogP contribution in [0.25, 0.3) is 0 Å². The second-order valence-electron chi connectivity index (χ2n) is 9.61. The van der Waals surface area contributed by atoms with Crippen LogP contribution < -0.4 is 0 Å². The van der Waals surface area contributed by atoms with Gasteiger partial charge in [-0.2, -0.15) is 0 Å². The second-order valence-corrected chi connectivity index (χ2v) is 9.61. The van der Waals surface area contributed by atoms with Crippen molar-refractivity contribution in [3.63, 3.8) is 0 Å². The summed E-state index contributed by atoms with van der Waals surface area (Å²) in [6.45, 7) is 4.65. The largest absolute Gasteiger partial charge is 0.0654 e. The first kappa shape index (κ1) is 21.3. The summed E-state index contributed by atoms with van der Waals surface area (Å²) < 4.78 is 0. The molecule has 2 saturated carbocycles. The minimum absolute atomic E-state index is 1.09. The molecule has 0 heterocycles. The van der Waals surface area contributed by atoms with Gasteiger partial charge in [-0.05, 0) is 49.4 Å². The maximum atomic E-state index is 2.33. The highest BCUT2D eigenvalue weighted by Gasteiger charge is 2.30. The van der Waals surface area contributed by atoms with Crippen LogP contribution in [-0.4, -0.2) is 0 Å². The molecule has 0 aromatic rings. The molecule has 0 N–H and O–H groups in total. The minimum atomic E-state index is 1.09. The van der Waals surface area contributed by atoms with E-state index in [9.17, 15) is 0 Å². The van der Waals surface area contributed by atoms with E-state index >= 15 is 0 Å². The quantitative estimate of drug-likeness (QED) is 0.309. The topological polar surface area (TPSA) is 0 Å². The van der Waals surface area contributed by atoms with Crippen LogP contribution >= 0.6 is 0 Å². The molecule has 0 aromatic heterocycles. The maximum Gasteiger partial charge on any atom is -0.0386 e. The lowest BCUT2D eigenvalue weighted by Gasteiger charge is -2.38. The molecule has 0 atom stereocenters. The first-order chi connectivity index (χ1) is 12.3. The van der Waals surface area contributed by atoms with Gasteiger partial charge in [0.15, 0.2) is 0 Å². The van der Waals surface area contributed by atoms with E-state index < -0.39 is 0 Å². The van der Waals surface area contributed by atoms with Gasteiger partial charge in [-0.1, -0.05) is 110 Å². The summed E-state index contributed by atoms with van der Waals surface area (Å²) in [5.41, 5.74) is 0. The van der Waals surface area contributed by atoms with Crippen molar-refractivity contribution >= 4 is 0 Å². The molecule has 0 bridgehead atoms. The van der Waals surface area contributed by atoms with E-state index in [1.54, 1.807) is 57.8 Å². The average Bonchev–Trinajstić information content (AvgIpc) is 2.66. The van der Waals surface area contributed by atoms with E-state index in [2.05, 4.69) is 13.8 Å². The molecule has 2 aliphatic carbocycles. The highest BCUT2D eigenvalue weighted by molar-refractivity contribution is 4.82. The van der Waals surface area contributed by atoms with Gasteiger partial charge in [-0.25, -0.2) is 0 Å². The molecule has 2 fully saturated rings. The Balaban J connectivity index is 1.52. The van der Waals surface area contributed by atoms with E-state index in [4.69, 9.17) is 0 Å². The number of unbranched alkanes of at least 4 members (excludes halogenated alkanes) is 7. The zero-order chi connectivity index (χ0) is 17.7. The Bertz CT molecular complexity index is 291. The number of hydrogen-bond donors (Lipinski definition) is 0. The Morgan fingerprint density at radius 1 is 0.440 bits per heavy atom. The van der Waals surface area contributed by atoms with Crippen LogP contribution in [0.15, 0.2) is 0 Å². The third-order valence-corrected chi connectivity index (χ3v) is 7.63. The monoisotopic (exact) mass is 348 g/mol. The summed E-state index contributed by atoms with van der Waals surface area (Å²) in [5.74, 6) is 4.40. The normalized spacial score (nSPS) is 30.5. The Morgan fingerprint density at radius 3 is 1.20 bits per heavy atom. The lowest BCUT2D eigenvalue weighted by Crippen LogP contribution is -2.25. The van der Waals surface area contributed by atoms with Crippen molar-refractivity contribution < 1.29 is 0 Å². The van der Waals surface area contributed by atoms with Gasteiger partial charge in [0.25, 0.3) is 0 Å². The van der Waals surface area contributed by atoms with Gasteiger partial charge < -0.3 is 0 Å². The van der Waals surface area contributed by atoms with Crippen molar-refractivity contribution in [3.8, 4) is 0 Å². The van der Waals surface area contributed by atoms with Crippen LogP contribution in [-0.2, 0) is 0 Å². The molecule has 0 heteroatoms. The van der Waals surface area contributed by atoms with Crippen molar-refractivity contribution in [2.24, 2.45) is 23.7 Å². The highest BCUT2D eigenvalue weighted by Crippen LogP contribution is 2.43. The summed E-state index contributed by atoms with van der Waals surface area (Å²) in [7, 11) is 0. The molecule has 0 aromatic carbocycles. The third kappa shape index (κ3) is 8.49. The molecule has 0 spiro atoms. The Morgan fingerprint density at radius 2 is 0.800 bits per heavy atom. The van der Waals surface area contributed by atoms with Crippen LogP contribution in [0, 0.1) is 23.7 Å². The molecule has 0 nitrogen and oxygen atoms in total. The second kappa shape index (κ2) is 13.2. The fourth-order valence-corrected chi connectivity index (χ4v) is 5.79. The van der Waals surface area contributed by atoms with Crippen LogP contribution in [0.4, 0.5) is 0 Å². The van der Waals surface area contributed by atoms with Gasteiger partial charge in [0.1, 0.15) is 0 Å². The van der Waals surface area contributed by atoms with E-state index in [1.165, 1.54) is 64.2 Å². The predicted octanol–water partition coefficient (Wildman–Crippen LogP) is 8.93. The molecule has 25 heavy (non-hydrogen) atoms. The average molecular weight is 349 g/mol. The van der Waals surface area contributed by atoms with Crippen LogP contribution in [0.5, 0.6) is 0 Å². The summed E-state index contributed by atoms with van der Waals surface area (Å²) in [5, 5.41) is 0. The van der Waals surface area contributed by atoms with Gasteiger partial charge in [0.2, 0.25) is 0 Å². The SMILES string of the molecule is CCCCCCCC1CCC(C2CCC(CCCCCC)CC2)CC1. The Kier molecular flexibility index (Phi) is 11.3. The Hall–Kier alpha value is 0. The fourth-order valence-electron chi connectivity index (χ4n) is 5.79. The molecule has 148 valence electrons. The lowest BCUT2D eigenvalue weighted by molar-refractivity contribution is 0.139. The molecule has 2 rings (SSSR count). The van der Waals surface area contributed by atoms with Crippen LogP contribution in [0.1, 0.15) is 136 Å². The zero-order valence-electron chi connectivity index (χ0n) is 17.7. The van der Waals surface area contributed by atoms with E-state index in [0.717, 1.165) is 23.7 Å². The summed E-state index contributed by atoms with van der Waals surface area (Å²) in [6, 6.07) is 0.